The van der Waals surface area contributed by atoms with Gasteiger partial charge in [0.1, 0.15) is 11.5 Å². The van der Waals surface area contributed by atoms with Gasteiger partial charge in [0.25, 0.3) is 15.9 Å². The molecular weight excluding hydrogens is 358 g/mol. The minimum Gasteiger partial charge on any atom is -0.497 e. The fourth-order valence-corrected chi connectivity index (χ4v) is 2.75. The van der Waals surface area contributed by atoms with E-state index in [4.69, 9.17) is 14.7 Å². The van der Waals surface area contributed by atoms with E-state index in [1.54, 1.807) is 24.3 Å². The number of rotatable bonds is 7. The summed E-state index contributed by atoms with van der Waals surface area (Å²) in [6.45, 7) is 1.47. The van der Waals surface area contributed by atoms with Crippen LogP contribution in [0.25, 0.3) is 0 Å². The van der Waals surface area contributed by atoms with E-state index in [1.165, 1.54) is 38.3 Å². The Bertz CT molecular complexity index is 903. The van der Waals surface area contributed by atoms with Crippen molar-refractivity contribution in [1.29, 1.82) is 5.26 Å². The van der Waals surface area contributed by atoms with Gasteiger partial charge in [-0.15, -0.1) is 4.83 Å². The molecule has 1 amide bonds. The number of carbonyl (C=O) groups excluding carboxylic acids is 1. The SMILES string of the molecule is COc1ccc(S(=O)(=O)NNC(=O)[C@@H](C)Oc2ccc(C#N)cc2)cc1. The van der Waals surface area contributed by atoms with Gasteiger partial charge in [-0.1, -0.05) is 0 Å². The van der Waals surface area contributed by atoms with Gasteiger partial charge in [-0.25, -0.2) is 8.42 Å². The second-order valence-electron chi connectivity index (χ2n) is 5.17. The van der Waals surface area contributed by atoms with Crippen molar-refractivity contribution in [3.05, 3.63) is 54.1 Å². The van der Waals surface area contributed by atoms with Gasteiger partial charge in [0.05, 0.1) is 23.6 Å². The Morgan fingerprint density at radius 1 is 1.08 bits per heavy atom. The van der Waals surface area contributed by atoms with Crippen LogP contribution in [0.5, 0.6) is 11.5 Å². The highest BCUT2D eigenvalue weighted by Gasteiger charge is 2.19. The normalized spacial score (nSPS) is 11.9. The third-order valence-corrected chi connectivity index (χ3v) is 4.61. The Labute approximate surface area is 151 Å². The topological polar surface area (TPSA) is 118 Å². The predicted molar refractivity (Wildman–Crippen MR) is 92.7 cm³/mol. The van der Waals surface area contributed by atoms with Crippen LogP contribution in [-0.4, -0.2) is 27.5 Å². The van der Waals surface area contributed by atoms with E-state index in [0.29, 0.717) is 17.1 Å². The van der Waals surface area contributed by atoms with Gasteiger partial charge in [0.15, 0.2) is 6.10 Å². The van der Waals surface area contributed by atoms with Crippen LogP contribution in [0.4, 0.5) is 0 Å². The number of hydrogen-bond acceptors (Lipinski definition) is 6. The van der Waals surface area contributed by atoms with Crippen molar-refractivity contribution in [2.45, 2.75) is 17.9 Å². The van der Waals surface area contributed by atoms with Crippen LogP contribution in [0.2, 0.25) is 0 Å². The lowest BCUT2D eigenvalue weighted by molar-refractivity contribution is -0.127. The van der Waals surface area contributed by atoms with Crippen molar-refractivity contribution < 1.29 is 22.7 Å². The second kappa shape index (κ2) is 8.33. The molecule has 0 fully saturated rings. The van der Waals surface area contributed by atoms with Crippen molar-refractivity contribution in [2.75, 3.05) is 7.11 Å². The van der Waals surface area contributed by atoms with Gasteiger partial charge in [-0.2, -0.15) is 5.26 Å². The van der Waals surface area contributed by atoms with Crippen molar-refractivity contribution >= 4 is 15.9 Å². The predicted octanol–water partition coefficient (Wildman–Crippen LogP) is 1.34. The molecule has 0 aliphatic rings. The van der Waals surface area contributed by atoms with Gasteiger partial charge in [0.2, 0.25) is 0 Å². The molecule has 8 nitrogen and oxygen atoms in total. The molecule has 2 aromatic carbocycles. The molecule has 2 aromatic rings. The number of ether oxygens (including phenoxy) is 2. The van der Waals surface area contributed by atoms with Gasteiger partial charge < -0.3 is 9.47 Å². The highest BCUT2D eigenvalue weighted by atomic mass is 32.2. The average molecular weight is 375 g/mol. The molecule has 0 unspecified atom stereocenters. The van der Waals surface area contributed by atoms with E-state index >= 15 is 0 Å². The Balaban J connectivity index is 1.94. The zero-order valence-corrected chi connectivity index (χ0v) is 14.9. The molecule has 0 aliphatic carbocycles. The standard InChI is InChI=1S/C17H17N3O5S/c1-12(25-15-5-3-13(11-18)4-6-15)17(21)19-20-26(22,23)16-9-7-14(24-2)8-10-16/h3-10,12,20H,1-2H3,(H,19,21)/t12-/m1/s1. The van der Waals surface area contributed by atoms with Gasteiger partial charge in [-0.05, 0) is 55.5 Å². The van der Waals surface area contributed by atoms with Gasteiger partial charge >= 0.3 is 0 Å². The highest BCUT2D eigenvalue weighted by Crippen LogP contribution is 2.15. The molecule has 0 saturated heterocycles. The molecular formula is C17H17N3O5S. The van der Waals surface area contributed by atoms with E-state index in [1.807, 2.05) is 10.9 Å². The number of nitriles is 1. The summed E-state index contributed by atoms with van der Waals surface area (Å²) < 4.78 is 34.7. The molecule has 1 atom stereocenters. The molecule has 0 heterocycles. The highest BCUT2D eigenvalue weighted by molar-refractivity contribution is 7.89. The zero-order chi connectivity index (χ0) is 19.2. The average Bonchev–Trinajstić information content (AvgIpc) is 2.66. The molecule has 0 saturated carbocycles. The summed E-state index contributed by atoms with van der Waals surface area (Å²) in [4.78, 5) is 14.0. The monoisotopic (exact) mass is 375 g/mol. The first-order chi connectivity index (χ1) is 12.4. The molecule has 2 rings (SSSR count). The maximum atomic E-state index is 12.1. The summed E-state index contributed by atoms with van der Waals surface area (Å²) in [6, 6.07) is 13.8. The number of hydrazine groups is 1. The van der Waals surface area contributed by atoms with Crippen LogP contribution in [0.1, 0.15) is 12.5 Å². The molecule has 0 aliphatic heterocycles. The number of carbonyl (C=O) groups is 1. The summed E-state index contributed by atoms with van der Waals surface area (Å²) in [5.41, 5.74) is 2.57. The van der Waals surface area contributed by atoms with Crippen LogP contribution in [0.3, 0.4) is 0 Å². The number of nitrogens with zero attached hydrogens (tertiary/aromatic N) is 1. The quantitative estimate of drug-likeness (QED) is 0.705. The molecule has 2 N–H and O–H groups in total. The Morgan fingerprint density at radius 2 is 1.65 bits per heavy atom. The van der Waals surface area contributed by atoms with Crippen LogP contribution in [-0.2, 0) is 14.8 Å². The maximum absolute atomic E-state index is 12.1. The Morgan fingerprint density at radius 3 is 2.19 bits per heavy atom. The lowest BCUT2D eigenvalue weighted by Crippen LogP contribution is -2.47. The third kappa shape index (κ3) is 4.95. The van der Waals surface area contributed by atoms with E-state index in [2.05, 4.69) is 5.43 Å². The summed E-state index contributed by atoms with van der Waals surface area (Å²) in [7, 11) is -2.46. The van der Waals surface area contributed by atoms with Crippen molar-refractivity contribution in [3.8, 4) is 17.6 Å². The summed E-state index contributed by atoms with van der Waals surface area (Å²) in [5, 5.41) is 8.74. The summed E-state index contributed by atoms with van der Waals surface area (Å²) in [5.74, 6) is 0.216. The molecule has 0 aromatic heterocycles. The number of benzene rings is 2. The second-order valence-corrected chi connectivity index (χ2v) is 6.85. The van der Waals surface area contributed by atoms with Crippen molar-refractivity contribution in [1.82, 2.24) is 10.3 Å². The number of sulfonamides is 1. The summed E-state index contributed by atoms with van der Waals surface area (Å²) >= 11 is 0. The fraction of sp³-hybridized carbons (Fsp3) is 0.176. The minimum absolute atomic E-state index is 0.0285. The first-order valence-corrected chi connectivity index (χ1v) is 8.96. The minimum atomic E-state index is -3.92. The largest absolute Gasteiger partial charge is 0.497 e. The third-order valence-electron chi connectivity index (χ3n) is 3.34. The van der Waals surface area contributed by atoms with Crippen LogP contribution in [0.15, 0.2) is 53.4 Å². The lowest BCUT2D eigenvalue weighted by Gasteiger charge is -2.15. The number of methoxy groups -OCH3 is 1. The smallest absolute Gasteiger partial charge is 0.275 e. The Hall–Kier alpha value is -3.09. The molecule has 0 radical (unpaired) electrons. The maximum Gasteiger partial charge on any atom is 0.275 e. The van der Waals surface area contributed by atoms with E-state index in [-0.39, 0.29) is 4.90 Å². The molecule has 136 valence electrons. The van der Waals surface area contributed by atoms with E-state index in [0.717, 1.165) is 0 Å². The number of hydrogen-bond donors (Lipinski definition) is 2. The van der Waals surface area contributed by atoms with Crippen LogP contribution in [0, 0.1) is 11.3 Å². The molecule has 26 heavy (non-hydrogen) atoms. The van der Waals surface area contributed by atoms with Gasteiger partial charge in [-0.3, -0.25) is 10.2 Å². The number of nitrogens with one attached hydrogen (secondary N) is 2. The molecule has 9 heteroatoms. The summed E-state index contributed by atoms with van der Waals surface area (Å²) in [6.07, 6.45) is -0.957. The van der Waals surface area contributed by atoms with Crippen molar-refractivity contribution in [2.24, 2.45) is 0 Å². The first-order valence-electron chi connectivity index (χ1n) is 7.48. The molecule has 0 bridgehead atoms. The number of amides is 1. The fourth-order valence-electron chi connectivity index (χ4n) is 1.90. The van der Waals surface area contributed by atoms with E-state index in [9.17, 15) is 13.2 Å². The molecule has 0 spiro atoms. The Kier molecular flexibility index (Phi) is 6.16. The lowest BCUT2D eigenvalue weighted by atomic mass is 10.2. The van der Waals surface area contributed by atoms with Crippen LogP contribution < -0.4 is 19.7 Å². The van der Waals surface area contributed by atoms with Gasteiger partial charge in [0, 0.05) is 0 Å². The van der Waals surface area contributed by atoms with Crippen molar-refractivity contribution in [3.63, 3.8) is 0 Å². The zero-order valence-electron chi connectivity index (χ0n) is 14.1. The first kappa shape index (κ1) is 19.2. The van der Waals surface area contributed by atoms with Crippen LogP contribution >= 0.6 is 0 Å². The van der Waals surface area contributed by atoms with E-state index < -0.39 is 22.0 Å².